The highest BCUT2D eigenvalue weighted by molar-refractivity contribution is 6.36. The summed E-state index contributed by atoms with van der Waals surface area (Å²) in [6.45, 7) is 16.3. The van der Waals surface area contributed by atoms with Crippen molar-refractivity contribution < 1.29 is 23.0 Å². The van der Waals surface area contributed by atoms with Gasteiger partial charge < -0.3 is 33.9 Å². The van der Waals surface area contributed by atoms with Crippen LogP contribution in [-0.4, -0.2) is 104 Å². The van der Waals surface area contributed by atoms with Gasteiger partial charge in [-0.25, -0.2) is 15.4 Å². The Hall–Kier alpha value is -4.05. The Balaban J connectivity index is 1.38. The Morgan fingerprint density at radius 2 is 2.04 bits per heavy atom. The first-order chi connectivity index (χ1) is 22.5. The molecule has 4 heterocycles. The molecular formula is C34H38ClF2N7O3. The normalized spacial score (nSPS) is 20.5. The molecule has 0 saturated carbocycles. The highest BCUT2D eigenvalue weighted by atomic mass is 35.5. The van der Waals surface area contributed by atoms with Crippen molar-refractivity contribution in [2.75, 3.05) is 76.4 Å². The third-order valence-electron chi connectivity index (χ3n) is 9.18. The van der Waals surface area contributed by atoms with Crippen molar-refractivity contribution in [3.05, 3.63) is 76.3 Å². The molecule has 0 bridgehead atoms. The SMILES string of the molecule is [C-]#[N+]C[C@H]1CN(c2nc(OCC3(CN(C)C)COC3)nc3c2C[C@@H](C)N(c2cccc4ccc(F)c(Cl)c24)C3)CCN1C(=O)C(=C)F. The van der Waals surface area contributed by atoms with E-state index < -0.39 is 23.6 Å². The number of carbonyl (C=O) groups excluding carboxylic acids is 1. The number of rotatable bonds is 9. The smallest absolute Gasteiger partial charge is 0.318 e. The molecule has 248 valence electrons. The van der Waals surface area contributed by atoms with E-state index in [1.54, 1.807) is 6.07 Å². The van der Waals surface area contributed by atoms with Crippen molar-refractivity contribution in [3.63, 3.8) is 0 Å². The standard InChI is InChI=1S/C34H38ClF2N7O3/c1-21-13-25-27(16-44(21)28-8-6-7-23-9-10-26(37)30(35)29(23)28)39-33(47-20-34(17-41(4)5)18-46-19-34)40-31(25)42-11-12-43(32(45)22(2)36)24(15-42)14-38-3/h6-10,21,24H,2,11-20H2,1,4-5H3/t21-,24+/m1/s1. The second kappa shape index (κ2) is 13.2. The number of aromatic nitrogens is 2. The number of amides is 1. The fourth-order valence-corrected chi connectivity index (χ4v) is 7.24. The van der Waals surface area contributed by atoms with Crippen LogP contribution in [0.25, 0.3) is 15.6 Å². The number of ether oxygens (including phenoxy) is 2. The Morgan fingerprint density at radius 3 is 2.72 bits per heavy atom. The molecule has 0 aliphatic carbocycles. The third-order valence-corrected chi connectivity index (χ3v) is 9.55. The fraction of sp³-hybridized carbons (Fsp3) is 0.471. The van der Waals surface area contributed by atoms with Crippen LogP contribution in [0.3, 0.4) is 0 Å². The van der Waals surface area contributed by atoms with Gasteiger partial charge in [-0.3, -0.25) is 4.79 Å². The number of piperazine rings is 1. The van der Waals surface area contributed by atoms with Gasteiger partial charge in [0.25, 0.3) is 5.91 Å². The molecular weight excluding hydrogens is 628 g/mol. The van der Waals surface area contributed by atoms with Gasteiger partial charge in [0.1, 0.15) is 24.3 Å². The molecule has 47 heavy (non-hydrogen) atoms. The van der Waals surface area contributed by atoms with Gasteiger partial charge in [-0.15, -0.1) is 0 Å². The van der Waals surface area contributed by atoms with E-state index in [-0.39, 0.29) is 35.6 Å². The number of anilines is 2. The molecule has 10 nitrogen and oxygen atoms in total. The number of halogens is 3. The van der Waals surface area contributed by atoms with Crippen LogP contribution in [-0.2, 0) is 22.5 Å². The molecule has 13 heteroatoms. The quantitative estimate of drug-likeness (QED) is 0.240. The molecule has 3 aliphatic rings. The zero-order valence-corrected chi connectivity index (χ0v) is 27.6. The molecule has 3 aliphatic heterocycles. The number of benzene rings is 2. The lowest BCUT2D eigenvalue weighted by Crippen LogP contribution is -2.57. The maximum absolute atomic E-state index is 14.7. The highest BCUT2D eigenvalue weighted by Crippen LogP contribution is 2.40. The number of hydrogen-bond acceptors (Lipinski definition) is 8. The van der Waals surface area contributed by atoms with Gasteiger partial charge in [-0.2, -0.15) is 9.97 Å². The summed E-state index contributed by atoms with van der Waals surface area (Å²) in [5.74, 6) is -1.65. The Morgan fingerprint density at radius 1 is 1.26 bits per heavy atom. The summed E-state index contributed by atoms with van der Waals surface area (Å²) >= 11 is 6.54. The predicted molar refractivity (Wildman–Crippen MR) is 177 cm³/mol. The van der Waals surface area contributed by atoms with Crippen LogP contribution < -0.4 is 14.5 Å². The monoisotopic (exact) mass is 665 g/mol. The summed E-state index contributed by atoms with van der Waals surface area (Å²) in [5, 5.41) is 1.55. The molecule has 0 N–H and O–H groups in total. The maximum atomic E-state index is 14.7. The topological polar surface area (TPSA) is 78.6 Å². The first kappa shape index (κ1) is 32.9. The van der Waals surface area contributed by atoms with Crippen molar-refractivity contribution in [1.82, 2.24) is 19.8 Å². The van der Waals surface area contributed by atoms with Crippen molar-refractivity contribution in [2.24, 2.45) is 5.41 Å². The van der Waals surface area contributed by atoms with Crippen LogP contribution in [0.2, 0.25) is 5.02 Å². The second-order valence-corrected chi connectivity index (χ2v) is 13.4. The zero-order valence-electron chi connectivity index (χ0n) is 26.8. The first-order valence-electron chi connectivity index (χ1n) is 15.6. The zero-order chi connectivity index (χ0) is 33.5. The van der Waals surface area contributed by atoms with E-state index in [4.69, 9.17) is 37.6 Å². The maximum Gasteiger partial charge on any atom is 0.318 e. The Bertz CT molecular complexity index is 1740. The van der Waals surface area contributed by atoms with Crippen molar-refractivity contribution in [1.29, 1.82) is 0 Å². The van der Waals surface area contributed by atoms with Gasteiger partial charge in [0.2, 0.25) is 6.54 Å². The van der Waals surface area contributed by atoms with Crippen LogP contribution in [0.5, 0.6) is 6.01 Å². The van der Waals surface area contributed by atoms with E-state index in [0.717, 1.165) is 28.9 Å². The van der Waals surface area contributed by atoms with Crippen molar-refractivity contribution in [3.8, 4) is 6.01 Å². The predicted octanol–water partition coefficient (Wildman–Crippen LogP) is 4.75. The number of nitrogens with zero attached hydrogens (tertiary/aromatic N) is 7. The molecule has 2 fully saturated rings. The van der Waals surface area contributed by atoms with Gasteiger partial charge in [0, 0.05) is 48.9 Å². The van der Waals surface area contributed by atoms with Crippen molar-refractivity contribution >= 4 is 39.8 Å². The van der Waals surface area contributed by atoms with Crippen LogP contribution in [0.1, 0.15) is 18.2 Å². The van der Waals surface area contributed by atoms with E-state index in [9.17, 15) is 13.6 Å². The molecule has 2 saturated heterocycles. The lowest BCUT2D eigenvalue weighted by molar-refractivity contribution is -0.140. The molecule has 0 spiro atoms. The molecule has 1 amide bonds. The van der Waals surface area contributed by atoms with Crippen LogP contribution >= 0.6 is 11.6 Å². The van der Waals surface area contributed by atoms with E-state index in [1.807, 2.05) is 37.2 Å². The summed E-state index contributed by atoms with van der Waals surface area (Å²) in [5.41, 5.74) is 2.32. The molecule has 1 aromatic heterocycles. The minimum absolute atomic E-state index is 0.0157. The summed E-state index contributed by atoms with van der Waals surface area (Å²) in [6.07, 6.45) is 0.570. The molecule has 6 rings (SSSR count). The lowest BCUT2D eigenvalue weighted by atomic mass is 9.86. The van der Waals surface area contributed by atoms with Gasteiger partial charge in [0.05, 0.1) is 35.9 Å². The average Bonchev–Trinajstić information content (AvgIpc) is 3.03. The largest absolute Gasteiger partial charge is 0.463 e. The number of carbonyl (C=O) groups is 1. The van der Waals surface area contributed by atoms with E-state index in [1.165, 1.54) is 11.0 Å². The van der Waals surface area contributed by atoms with Gasteiger partial charge in [-0.1, -0.05) is 36.4 Å². The lowest BCUT2D eigenvalue weighted by Gasteiger charge is -2.43. The Kier molecular flexibility index (Phi) is 9.25. The minimum Gasteiger partial charge on any atom is -0.463 e. The summed E-state index contributed by atoms with van der Waals surface area (Å²) in [4.78, 5) is 33.7. The second-order valence-electron chi connectivity index (χ2n) is 13.0. The van der Waals surface area contributed by atoms with Crippen LogP contribution in [0.4, 0.5) is 20.3 Å². The number of fused-ring (bicyclic) bond motifs is 2. The minimum atomic E-state index is -1.04. The van der Waals surface area contributed by atoms with Crippen LogP contribution in [0.15, 0.2) is 42.7 Å². The van der Waals surface area contributed by atoms with E-state index in [0.29, 0.717) is 57.1 Å². The first-order valence-corrected chi connectivity index (χ1v) is 16.0. The van der Waals surface area contributed by atoms with Gasteiger partial charge in [0.15, 0.2) is 5.83 Å². The molecule has 0 unspecified atom stereocenters. The third kappa shape index (κ3) is 6.44. The Labute approximate surface area is 278 Å². The number of hydrogen-bond donors (Lipinski definition) is 0. The fourth-order valence-electron chi connectivity index (χ4n) is 6.97. The van der Waals surface area contributed by atoms with Crippen molar-refractivity contribution in [2.45, 2.75) is 32.0 Å². The van der Waals surface area contributed by atoms with E-state index in [2.05, 4.69) is 28.1 Å². The van der Waals surface area contributed by atoms with Gasteiger partial charge >= 0.3 is 6.01 Å². The molecule has 2 aromatic carbocycles. The molecule has 2 atom stereocenters. The van der Waals surface area contributed by atoms with Crippen LogP contribution in [0, 0.1) is 17.8 Å². The molecule has 3 aromatic rings. The summed E-state index contributed by atoms with van der Waals surface area (Å²) in [7, 11) is 4.02. The highest BCUT2D eigenvalue weighted by Gasteiger charge is 2.41. The summed E-state index contributed by atoms with van der Waals surface area (Å²) < 4.78 is 40.5. The molecule has 0 radical (unpaired) electrons. The van der Waals surface area contributed by atoms with Gasteiger partial charge in [-0.05, 0) is 45.0 Å². The average molecular weight is 666 g/mol. The van der Waals surface area contributed by atoms with E-state index >= 15 is 0 Å². The summed E-state index contributed by atoms with van der Waals surface area (Å²) in [6, 6.07) is 8.53.